The summed E-state index contributed by atoms with van der Waals surface area (Å²) in [6, 6.07) is 14.6. The molecule has 5 rings (SSSR count). The summed E-state index contributed by atoms with van der Waals surface area (Å²) in [5, 5.41) is 16.8. The van der Waals surface area contributed by atoms with Crippen LogP contribution >= 0.6 is 0 Å². The van der Waals surface area contributed by atoms with Crippen LogP contribution in [0.1, 0.15) is 49.1 Å². The van der Waals surface area contributed by atoms with Crippen LogP contribution in [0.4, 0.5) is 0 Å². The molecule has 7 heteroatoms. The minimum Gasteiger partial charge on any atom is -0.508 e. The molecule has 3 aliphatic rings. The maximum Gasteiger partial charge on any atom is 0.337 e. The highest BCUT2D eigenvalue weighted by atomic mass is 16.5. The predicted octanol–water partition coefficient (Wildman–Crippen LogP) is 3.67. The van der Waals surface area contributed by atoms with Gasteiger partial charge in [0.2, 0.25) is 0 Å². The molecule has 2 aromatic rings. The molecule has 0 amide bonds. The Labute approximate surface area is 204 Å². The molecule has 1 saturated heterocycles. The molecule has 1 aliphatic carbocycles. The van der Waals surface area contributed by atoms with Gasteiger partial charge in [0.05, 0.1) is 12.7 Å². The van der Waals surface area contributed by atoms with Gasteiger partial charge in [0.25, 0.3) is 0 Å². The minimum absolute atomic E-state index is 0.0247. The van der Waals surface area contributed by atoms with E-state index in [2.05, 4.69) is 10.6 Å². The van der Waals surface area contributed by atoms with Crippen molar-refractivity contribution in [2.75, 3.05) is 20.2 Å². The topological polar surface area (TPSA) is 96.9 Å². The van der Waals surface area contributed by atoms with E-state index in [-0.39, 0.29) is 23.6 Å². The zero-order valence-electron chi connectivity index (χ0n) is 20.0. The van der Waals surface area contributed by atoms with Gasteiger partial charge in [-0.1, -0.05) is 30.3 Å². The highest BCUT2D eigenvalue weighted by Gasteiger charge is 2.42. The molecule has 3 N–H and O–H groups in total. The molecule has 3 unspecified atom stereocenters. The van der Waals surface area contributed by atoms with Crippen LogP contribution in [-0.4, -0.2) is 43.2 Å². The van der Waals surface area contributed by atoms with Crippen LogP contribution in [0.3, 0.4) is 0 Å². The number of carbonyl (C=O) groups is 2. The highest BCUT2D eigenvalue weighted by Crippen LogP contribution is 2.47. The molecule has 2 aromatic carbocycles. The Morgan fingerprint density at radius 3 is 2.69 bits per heavy atom. The lowest BCUT2D eigenvalue weighted by molar-refractivity contribution is -0.143. The summed E-state index contributed by atoms with van der Waals surface area (Å²) < 4.78 is 11.4. The largest absolute Gasteiger partial charge is 0.508 e. The van der Waals surface area contributed by atoms with Gasteiger partial charge >= 0.3 is 5.97 Å². The lowest BCUT2D eigenvalue weighted by Crippen LogP contribution is -2.37. The number of methoxy groups -OCH3 is 1. The third-order valence-electron chi connectivity index (χ3n) is 7.12. The minimum atomic E-state index is -0.605. The van der Waals surface area contributed by atoms with Crippen molar-refractivity contribution in [3.8, 4) is 11.5 Å². The molecule has 35 heavy (non-hydrogen) atoms. The number of esters is 1. The molecule has 7 nitrogen and oxygen atoms in total. The number of aromatic hydroxyl groups is 1. The number of carbonyl (C=O) groups excluding carboxylic acids is 2. The Bertz CT molecular complexity index is 1230. The van der Waals surface area contributed by atoms with Crippen molar-refractivity contribution < 1.29 is 24.2 Å². The van der Waals surface area contributed by atoms with Crippen LogP contribution in [0, 0.1) is 0 Å². The molecule has 182 valence electrons. The smallest absolute Gasteiger partial charge is 0.337 e. The Hall–Kier alpha value is -3.58. The lowest BCUT2D eigenvalue weighted by Gasteiger charge is -2.37. The van der Waals surface area contributed by atoms with E-state index in [1.165, 1.54) is 0 Å². The molecule has 3 atom stereocenters. The second-order valence-electron chi connectivity index (χ2n) is 9.37. The van der Waals surface area contributed by atoms with Gasteiger partial charge in [-0.2, -0.15) is 0 Å². The fourth-order valence-corrected chi connectivity index (χ4v) is 5.51. The molecule has 2 aliphatic heterocycles. The number of ketones is 1. The standard InChI is InChI=1S/C28H30N2O5/c1-16-25(28(33)35-20-10-11-29-15-20)26(17-6-5-7-19(31)12-17)27-22(30-16)13-18(14-23(27)32)21-8-3-4-9-24(21)34-2/h3-9,12,18,20,26,29-31H,10-11,13-15H2,1-2H3. The molecule has 0 aromatic heterocycles. The van der Waals surface area contributed by atoms with Crippen molar-refractivity contribution >= 4 is 11.8 Å². The monoisotopic (exact) mass is 474 g/mol. The number of dihydropyridines is 1. The third kappa shape index (κ3) is 4.44. The van der Waals surface area contributed by atoms with E-state index < -0.39 is 11.9 Å². The summed E-state index contributed by atoms with van der Waals surface area (Å²) in [4.78, 5) is 27.1. The van der Waals surface area contributed by atoms with Crippen molar-refractivity contribution in [1.82, 2.24) is 10.6 Å². The van der Waals surface area contributed by atoms with Crippen molar-refractivity contribution in [2.24, 2.45) is 0 Å². The Morgan fingerprint density at radius 2 is 1.94 bits per heavy atom. The second kappa shape index (κ2) is 9.58. The van der Waals surface area contributed by atoms with Gasteiger partial charge in [-0.3, -0.25) is 4.79 Å². The number of benzene rings is 2. The first-order valence-electron chi connectivity index (χ1n) is 12.0. The normalized spacial score (nSPS) is 24.2. The van der Waals surface area contributed by atoms with E-state index >= 15 is 0 Å². The van der Waals surface area contributed by atoms with Crippen LogP contribution in [0.25, 0.3) is 0 Å². The van der Waals surface area contributed by atoms with Crippen molar-refractivity contribution in [1.29, 1.82) is 0 Å². The Kier molecular flexibility index (Phi) is 6.34. The summed E-state index contributed by atoms with van der Waals surface area (Å²) in [7, 11) is 1.63. The SMILES string of the molecule is COc1ccccc1C1CC(=O)C2=C(C1)NC(C)=C(C(=O)OC1CCNC1)C2c1cccc(O)c1. The van der Waals surface area contributed by atoms with Gasteiger partial charge in [0, 0.05) is 41.8 Å². The first-order valence-corrected chi connectivity index (χ1v) is 12.0. The Morgan fingerprint density at radius 1 is 1.11 bits per heavy atom. The number of phenolic OH excluding ortho intramolecular Hbond substituents is 1. The number of ether oxygens (including phenoxy) is 2. The van der Waals surface area contributed by atoms with Crippen LogP contribution in [0.5, 0.6) is 11.5 Å². The fourth-order valence-electron chi connectivity index (χ4n) is 5.51. The van der Waals surface area contributed by atoms with E-state index in [1.54, 1.807) is 25.3 Å². The summed E-state index contributed by atoms with van der Waals surface area (Å²) in [6.45, 7) is 3.28. The van der Waals surface area contributed by atoms with Crippen LogP contribution < -0.4 is 15.4 Å². The number of allylic oxidation sites excluding steroid dienone is 3. The average Bonchev–Trinajstić information content (AvgIpc) is 3.36. The summed E-state index contributed by atoms with van der Waals surface area (Å²) in [5.41, 5.74) is 4.16. The number of rotatable bonds is 5. The van der Waals surface area contributed by atoms with Crippen LogP contribution in [-0.2, 0) is 14.3 Å². The molecule has 0 radical (unpaired) electrons. The van der Waals surface area contributed by atoms with E-state index in [4.69, 9.17) is 9.47 Å². The number of Topliss-reactive ketones (excluding diaryl/α,β-unsaturated/α-hetero) is 1. The molecular weight excluding hydrogens is 444 g/mol. The zero-order valence-corrected chi connectivity index (χ0v) is 20.0. The molecular formula is C28H30N2O5. The Balaban J connectivity index is 1.55. The lowest BCUT2D eigenvalue weighted by atomic mass is 9.71. The van der Waals surface area contributed by atoms with Crippen LogP contribution in [0.15, 0.2) is 71.1 Å². The number of phenols is 1. The van der Waals surface area contributed by atoms with Crippen LogP contribution in [0.2, 0.25) is 0 Å². The number of hydrogen-bond acceptors (Lipinski definition) is 7. The van der Waals surface area contributed by atoms with Gasteiger partial charge in [-0.15, -0.1) is 0 Å². The molecule has 2 heterocycles. The van der Waals surface area contributed by atoms with Gasteiger partial charge in [-0.05, 0) is 55.6 Å². The summed E-state index contributed by atoms with van der Waals surface area (Å²) >= 11 is 0. The van der Waals surface area contributed by atoms with Gasteiger partial charge in [0.1, 0.15) is 17.6 Å². The first kappa shape index (κ1) is 23.2. The maximum atomic E-state index is 13.7. The van der Waals surface area contributed by atoms with Crippen molar-refractivity contribution in [3.63, 3.8) is 0 Å². The van der Waals surface area contributed by atoms with E-state index in [0.29, 0.717) is 41.8 Å². The summed E-state index contributed by atoms with van der Waals surface area (Å²) in [5.74, 6) is -0.251. The predicted molar refractivity (Wildman–Crippen MR) is 131 cm³/mol. The molecule has 0 bridgehead atoms. The van der Waals surface area contributed by atoms with Crippen molar-refractivity contribution in [2.45, 2.75) is 44.1 Å². The second-order valence-corrected chi connectivity index (χ2v) is 9.37. The van der Waals surface area contributed by atoms with E-state index in [1.807, 2.05) is 37.3 Å². The highest BCUT2D eigenvalue weighted by molar-refractivity contribution is 6.04. The summed E-state index contributed by atoms with van der Waals surface area (Å²) in [6.07, 6.45) is 1.49. The average molecular weight is 475 g/mol. The number of hydrogen-bond donors (Lipinski definition) is 3. The van der Waals surface area contributed by atoms with E-state index in [0.717, 1.165) is 30.0 Å². The molecule has 0 spiro atoms. The maximum absolute atomic E-state index is 13.7. The first-order chi connectivity index (χ1) is 17.0. The van der Waals surface area contributed by atoms with Gasteiger partial charge < -0.3 is 25.2 Å². The zero-order chi connectivity index (χ0) is 24.5. The third-order valence-corrected chi connectivity index (χ3v) is 7.12. The fraction of sp³-hybridized carbons (Fsp3) is 0.357. The van der Waals surface area contributed by atoms with Crippen molar-refractivity contribution in [3.05, 3.63) is 82.2 Å². The number of para-hydroxylation sites is 1. The molecule has 1 fully saturated rings. The number of nitrogens with one attached hydrogen (secondary N) is 2. The molecule has 0 saturated carbocycles. The quantitative estimate of drug-likeness (QED) is 0.569. The van der Waals surface area contributed by atoms with E-state index in [9.17, 15) is 14.7 Å². The van der Waals surface area contributed by atoms with Gasteiger partial charge in [-0.25, -0.2) is 4.79 Å². The van der Waals surface area contributed by atoms with Gasteiger partial charge in [0.15, 0.2) is 5.78 Å².